The van der Waals surface area contributed by atoms with E-state index >= 15 is 0 Å². The smallest absolute Gasteiger partial charge is 0.253 e. The summed E-state index contributed by atoms with van der Waals surface area (Å²) in [6.45, 7) is 14.1. The molecule has 6 atom stereocenters. The number of hydrogen-bond acceptors (Lipinski definition) is 5. The van der Waals surface area contributed by atoms with Crippen molar-refractivity contribution in [3.63, 3.8) is 0 Å². The second-order valence-electron chi connectivity index (χ2n) is 10.9. The van der Waals surface area contributed by atoms with E-state index < -0.39 is 35.1 Å². The van der Waals surface area contributed by atoms with Crippen molar-refractivity contribution in [2.75, 3.05) is 31.1 Å². The zero-order chi connectivity index (χ0) is 28.5. The number of ether oxygens (including phenoxy) is 1. The molecular weight excluding hydrogens is 518 g/mol. The Morgan fingerprint density at radius 3 is 2.49 bits per heavy atom. The fourth-order valence-electron chi connectivity index (χ4n) is 7.04. The Balaban J connectivity index is 1.86. The summed E-state index contributed by atoms with van der Waals surface area (Å²) in [5.74, 6) is -2.39. The zero-order valence-corrected chi connectivity index (χ0v) is 23.9. The maximum atomic E-state index is 14.6. The number of benzene rings is 1. The van der Waals surface area contributed by atoms with Gasteiger partial charge in [-0.3, -0.25) is 14.4 Å². The van der Waals surface area contributed by atoms with Crippen molar-refractivity contribution >= 4 is 35.0 Å². The van der Waals surface area contributed by atoms with E-state index in [1.54, 1.807) is 48.2 Å². The van der Waals surface area contributed by atoms with Gasteiger partial charge in [-0.1, -0.05) is 49.7 Å². The number of amides is 3. The van der Waals surface area contributed by atoms with Gasteiger partial charge in [-0.2, -0.15) is 0 Å². The fourth-order valence-corrected chi connectivity index (χ4v) is 7.28. The monoisotopic (exact) mass is 557 g/mol. The molecule has 3 saturated heterocycles. The van der Waals surface area contributed by atoms with Crippen LogP contribution in [0.4, 0.5) is 5.69 Å². The van der Waals surface area contributed by atoms with E-state index in [2.05, 4.69) is 13.2 Å². The van der Waals surface area contributed by atoms with E-state index in [0.717, 1.165) is 6.42 Å². The van der Waals surface area contributed by atoms with Crippen molar-refractivity contribution in [2.24, 2.45) is 11.8 Å². The summed E-state index contributed by atoms with van der Waals surface area (Å²) in [6.07, 6.45) is 5.63. The minimum absolute atomic E-state index is 0.141. The Morgan fingerprint density at radius 1 is 1.21 bits per heavy atom. The third-order valence-electron chi connectivity index (χ3n) is 8.73. The number of aliphatic hydroxyl groups excluding tert-OH is 1. The van der Waals surface area contributed by atoms with Crippen molar-refractivity contribution in [1.82, 2.24) is 9.80 Å². The first kappa shape index (κ1) is 29.3. The van der Waals surface area contributed by atoms with E-state index in [4.69, 9.17) is 16.3 Å². The first-order chi connectivity index (χ1) is 18.7. The summed E-state index contributed by atoms with van der Waals surface area (Å²) in [5, 5.41) is 10.6. The summed E-state index contributed by atoms with van der Waals surface area (Å²) in [7, 11) is 0. The molecule has 9 heteroatoms. The highest BCUT2D eigenvalue weighted by Gasteiger charge is 2.79. The number of carbonyl (C=O) groups excluding carboxylic acids is 3. The fraction of sp³-hybridized carbons (Fsp3) is 0.567. The predicted molar refractivity (Wildman–Crippen MR) is 151 cm³/mol. The standard InChI is InChI=1S/C30H40ClN3O5/c1-6-16-32(17-7-2)26(36)23-24-27(37)34(20(5)19-35)25(30(24)15-14-29(23,9-4)39-30)28(38)33(18-8-3)22-13-11-10-12-21(22)31/h6,8,10-13,20,23-25,35H,1,3,7,9,14-19H2,2,4-5H3/t20-,23+,24+,25?,29-,30?/m1/s1. The number of aliphatic hydroxyl groups is 1. The van der Waals surface area contributed by atoms with Crippen LogP contribution < -0.4 is 4.90 Å². The van der Waals surface area contributed by atoms with E-state index in [0.29, 0.717) is 43.1 Å². The van der Waals surface area contributed by atoms with Crippen molar-refractivity contribution in [2.45, 2.75) is 69.7 Å². The van der Waals surface area contributed by atoms with Crippen LogP contribution in [0.3, 0.4) is 0 Å². The minimum atomic E-state index is -1.19. The van der Waals surface area contributed by atoms with E-state index in [9.17, 15) is 19.5 Å². The molecule has 3 amide bonds. The summed E-state index contributed by atoms with van der Waals surface area (Å²) >= 11 is 6.51. The molecule has 3 heterocycles. The molecule has 0 aromatic heterocycles. The van der Waals surface area contributed by atoms with Crippen molar-refractivity contribution < 1.29 is 24.2 Å². The summed E-state index contributed by atoms with van der Waals surface area (Å²) in [4.78, 5) is 47.7. The Kier molecular flexibility index (Phi) is 8.59. The quantitative estimate of drug-likeness (QED) is 0.395. The van der Waals surface area contributed by atoms with Crippen molar-refractivity contribution in [3.8, 4) is 0 Å². The molecule has 3 aliphatic heterocycles. The van der Waals surface area contributed by atoms with Gasteiger partial charge in [0.25, 0.3) is 5.91 Å². The second-order valence-corrected chi connectivity index (χ2v) is 11.3. The third-order valence-corrected chi connectivity index (χ3v) is 9.05. The lowest BCUT2D eigenvalue weighted by Crippen LogP contribution is -2.58. The minimum Gasteiger partial charge on any atom is -0.394 e. The van der Waals surface area contributed by atoms with Crippen LogP contribution >= 0.6 is 11.6 Å². The number of anilines is 1. The number of hydrogen-bond donors (Lipinski definition) is 1. The molecule has 2 unspecified atom stereocenters. The van der Waals surface area contributed by atoms with Gasteiger partial charge in [0.2, 0.25) is 11.8 Å². The predicted octanol–water partition coefficient (Wildman–Crippen LogP) is 3.82. The second kappa shape index (κ2) is 11.4. The van der Waals surface area contributed by atoms with Crippen LogP contribution in [0.1, 0.15) is 46.5 Å². The van der Waals surface area contributed by atoms with Gasteiger partial charge in [0, 0.05) is 19.6 Å². The molecule has 3 fully saturated rings. The average molecular weight is 558 g/mol. The van der Waals surface area contributed by atoms with Crippen LogP contribution in [0.15, 0.2) is 49.6 Å². The molecule has 0 aliphatic carbocycles. The van der Waals surface area contributed by atoms with Gasteiger partial charge in [-0.15, -0.1) is 13.2 Å². The van der Waals surface area contributed by atoms with Gasteiger partial charge in [-0.25, -0.2) is 0 Å². The first-order valence-electron chi connectivity index (χ1n) is 13.9. The Morgan fingerprint density at radius 2 is 1.90 bits per heavy atom. The zero-order valence-electron chi connectivity index (χ0n) is 23.1. The van der Waals surface area contributed by atoms with Crippen LogP contribution in [0.25, 0.3) is 0 Å². The summed E-state index contributed by atoms with van der Waals surface area (Å²) in [5.41, 5.74) is -1.54. The lowest BCUT2D eigenvalue weighted by Gasteiger charge is -2.39. The SMILES string of the molecule is C=CCN(CCC)C(=O)[C@@H]1[C@H]2C(=O)N([C@H](C)CO)C(C(=O)N(CC=C)c3ccccc3Cl)C23CC[C@@]1(CC)O3. The number of fused-ring (bicyclic) bond motifs is 1. The van der Waals surface area contributed by atoms with E-state index in [-0.39, 0.29) is 30.9 Å². The molecule has 1 aromatic carbocycles. The first-order valence-corrected chi connectivity index (χ1v) is 14.2. The van der Waals surface area contributed by atoms with Crippen LogP contribution in [-0.4, -0.2) is 82.2 Å². The molecule has 1 spiro atoms. The van der Waals surface area contributed by atoms with Crippen LogP contribution in [0, 0.1) is 11.8 Å². The summed E-state index contributed by atoms with van der Waals surface area (Å²) in [6, 6.07) is 5.35. The Hall–Kier alpha value is -2.68. The van der Waals surface area contributed by atoms with Crippen molar-refractivity contribution in [3.05, 3.63) is 54.6 Å². The largest absolute Gasteiger partial charge is 0.394 e. The molecule has 3 aliphatic rings. The van der Waals surface area contributed by atoms with Gasteiger partial charge in [0.1, 0.15) is 11.6 Å². The lowest BCUT2D eigenvalue weighted by atomic mass is 9.64. The van der Waals surface area contributed by atoms with E-state index in [1.807, 2.05) is 13.8 Å². The Labute approximate surface area is 236 Å². The maximum Gasteiger partial charge on any atom is 0.253 e. The molecule has 212 valence electrons. The van der Waals surface area contributed by atoms with Crippen LogP contribution in [-0.2, 0) is 19.1 Å². The highest BCUT2D eigenvalue weighted by molar-refractivity contribution is 6.34. The van der Waals surface area contributed by atoms with Crippen LogP contribution in [0.2, 0.25) is 5.02 Å². The lowest BCUT2D eigenvalue weighted by molar-refractivity contribution is -0.153. The number of likely N-dealkylation sites (tertiary alicyclic amines) is 1. The number of para-hydroxylation sites is 1. The summed E-state index contributed by atoms with van der Waals surface area (Å²) < 4.78 is 6.86. The average Bonchev–Trinajstić information content (AvgIpc) is 3.54. The van der Waals surface area contributed by atoms with Gasteiger partial charge in [0.05, 0.1) is 40.8 Å². The molecule has 1 aromatic rings. The van der Waals surface area contributed by atoms with Crippen molar-refractivity contribution in [1.29, 1.82) is 0 Å². The number of carbonyl (C=O) groups is 3. The third kappa shape index (κ3) is 4.50. The maximum absolute atomic E-state index is 14.6. The normalized spacial score (nSPS) is 29.7. The van der Waals surface area contributed by atoms with Gasteiger partial charge in [0.15, 0.2) is 0 Å². The molecule has 39 heavy (non-hydrogen) atoms. The number of nitrogens with zero attached hydrogens (tertiary/aromatic N) is 3. The molecule has 4 rings (SSSR count). The molecule has 0 saturated carbocycles. The molecule has 2 bridgehead atoms. The number of rotatable bonds is 12. The molecule has 1 N–H and O–H groups in total. The molecular formula is C30H40ClN3O5. The highest BCUT2D eigenvalue weighted by Crippen LogP contribution is 2.65. The van der Waals surface area contributed by atoms with Crippen LogP contribution in [0.5, 0.6) is 0 Å². The van der Waals surface area contributed by atoms with E-state index in [1.165, 1.54) is 9.80 Å². The van der Waals surface area contributed by atoms with Gasteiger partial charge < -0.3 is 24.5 Å². The highest BCUT2D eigenvalue weighted by atomic mass is 35.5. The Bertz CT molecular complexity index is 1140. The van der Waals surface area contributed by atoms with Gasteiger partial charge in [-0.05, 0) is 44.7 Å². The molecule has 0 radical (unpaired) electrons. The molecule has 8 nitrogen and oxygen atoms in total. The number of halogens is 1. The topological polar surface area (TPSA) is 90.4 Å². The van der Waals surface area contributed by atoms with Gasteiger partial charge >= 0.3 is 0 Å².